The number of hydrogen-bond donors (Lipinski definition) is 0. The molecule has 0 unspecified atom stereocenters. The van der Waals surface area contributed by atoms with Crippen molar-refractivity contribution in [2.45, 2.75) is 0 Å². The smallest absolute Gasteiger partial charge is 0.351 e. The lowest BCUT2D eigenvalue weighted by atomic mass is 9.99. The van der Waals surface area contributed by atoms with E-state index in [-0.39, 0.29) is 11.5 Å². The number of ketones is 1. The minimum absolute atomic E-state index is 0.0629. The Labute approximate surface area is 155 Å². The largest absolute Gasteiger partial charge is 0.403 e. The lowest BCUT2D eigenvalue weighted by molar-refractivity contribution is 0.103. The van der Waals surface area contributed by atoms with E-state index in [0.717, 1.165) is 0 Å². The summed E-state index contributed by atoms with van der Waals surface area (Å²) >= 11 is 0. The van der Waals surface area contributed by atoms with Crippen LogP contribution in [0.15, 0.2) is 100 Å². The molecule has 0 radical (unpaired) electrons. The van der Waals surface area contributed by atoms with E-state index >= 15 is 0 Å². The summed E-state index contributed by atoms with van der Waals surface area (Å²) < 4.78 is 5.41. The molecule has 4 rings (SSSR count). The molecule has 0 atom stereocenters. The molecule has 0 saturated carbocycles. The SMILES string of the molecule is O=C(c1ccccc1)c1c(-c2ccccc2)nc(-c2ccccc2)oc1=O. The van der Waals surface area contributed by atoms with Crippen molar-refractivity contribution >= 4 is 5.78 Å². The molecule has 4 heteroatoms. The molecule has 4 aromatic rings. The van der Waals surface area contributed by atoms with Gasteiger partial charge in [0.25, 0.3) is 0 Å². The van der Waals surface area contributed by atoms with Gasteiger partial charge in [0, 0.05) is 16.7 Å². The molecular formula is C23H15NO3. The molecule has 0 bridgehead atoms. The maximum atomic E-state index is 13.0. The van der Waals surface area contributed by atoms with Crippen LogP contribution in [0.25, 0.3) is 22.7 Å². The van der Waals surface area contributed by atoms with E-state index in [1.165, 1.54) is 0 Å². The van der Waals surface area contributed by atoms with E-state index in [2.05, 4.69) is 4.98 Å². The Morgan fingerprint density at radius 2 is 1.22 bits per heavy atom. The van der Waals surface area contributed by atoms with Gasteiger partial charge in [-0.05, 0) is 12.1 Å². The molecule has 4 nitrogen and oxygen atoms in total. The second kappa shape index (κ2) is 7.22. The van der Waals surface area contributed by atoms with Gasteiger partial charge in [0.2, 0.25) is 11.7 Å². The molecule has 0 aliphatic rings. The molecular weight excluding hydrogens is 338 g/mol. The van der Waals surface area contributed by atoms with Crippen LogP contribution in [0.3, 0.4) is 0 Å². The zero-order valence-corrected chi connectivity index (χ0v) is 14.3. The van der Waals surface area contributed by atoms with E-state index in [0.29, 0.717) is 22.4 Å². The van der Waals surface area contributed by atoms with Crippen molar-refractivity contribution in [3.63, 3.8) is 0 Å². The van der Waals surface area contributed by atoms with Gasteiger partial charge in [0.15, 0.2) is 0 Å². The Bertz CT molecular complexity index is 1130. The van der Waals surface area contributed by atoms with Crippen LogP contribution in [0.4, 0.5) is 0 Å². The number of carbonyl (C=O) groups excluding carboxylic acids is 1. The van der Waals surface area contributed by atoms with E-state index in [1.807, 2.05) is 54.6 Å². The first-order valence-electron chi connectivity index (χ1n) is 8.50. The lowest BCUT2D eigenvalue weighted by Crippen LogP contribution is -2.18. The van der Waals surface area contributed by atoms with E-state index in [4.69, 9.17) is 4.42 Å². The monoisotopic (exact) mass is 353 g/mol. The maximum Gasteiger partial charge on any atom is 0.351 e. The second-order valence-electron chi connectivity index (χ2n) is 5.96. The fourth-order valence-electron chi connectivity index (χ4n) is 2.86. The van der Waals surface area contributed by atoms with Gasteiger partial charge < -0.3 is 4.42 Å². The predicted molar refractivity (Wildman–Crippen MR) is 104 cm³/mol. The molecule has 1 aromatic heterocycles. The average molecular weight is 353 g/mol. The fraction of sp³-hybridized carbons (Fsp3) is 0. The third kappa shape index (κ3) is 3.33. The molecule has 27 heavy (non-hydrogen) atoms. The van der Waals surface area contributed by atoms with E-state index in [1.54, 1.807) is 36.4 Å². The summed E-state index contributed by atoms with van der Waals surface area (Å²) in [5, 5.41) is 0. The maximum absolute atomic E-state index is 13.0. The summed E-state index contributed by atoms with van der Waals surface area (Å²) in [6.07, 6.45) is 0. The van der Waals surface area contributed by atoms with Gasteiger partial charge in [-0.2, -0.15) is 0 Å². The standard InChI is InChI=1S/C23H15NO3/c25-21(17-12-6-2-7-13-17)19-20(16-10-4-1-5-11-16)24-22(27-23(19)26)18-14-8-3-9-15-18/h1-15H. The summed E-state index contributed by atoms with van der Waals surface area (Å²) in [6, 6.07) is 27.0. The third-order valence-electron chi connectivity index (χ3n) is 4.17. The van der Waals surface area contributed by atoms with Crippen molar-refractivity contribution in [2.24, 2.45) is 0 Å². The number of benzene rings is 3. The van der Waals surface area contributed by atoms with Crippen LogP contribution in [0, 0.1) is 0 Å². The summed E-state index contributed by atoms with van der Waals surface area (Å²) in [5.41, 5.74) is 1.33. The van der Waals surface area contributed by atoms with Crippen LogP contribution in [0.2, 0.25) is 0 Å². The third-order valence-corrected chi connectivity index (χ3v) is 4.17. The Hall–Kier alpha value is -3.79. The second-order valence-corrected chi connectivity index (χ2v) is 5.96. The molecule has 130 valence electrons. The van der Waals surface area contributed by atoms with Crippen LogP contribution in [0.1, 0.15) is 15.9 Å². The van der Waals surface area contributed by atoms with Gasteiger partial charge in [0.05, 0.1) is 5.69 Å². The molecule has 0 amide bonds. The zero-order valence-electron chi connectivity index (χ0n) is 14.3. The minimum atomic E-state index is -0.698. The van der Waals surface area contributed by atoms with Gasteiger partial charge in [-0.15, -0.1) is 0 Å². The van der Waals surface area contributed by atoms with Crippen molar-refractivity contribution in [2.75, 3.05) is 0 Å². The molecule has 0 aliphatic carbocycles. The van der Waals surface area contributed by atoms with E-state index in [9.17, 15) is 9.59 Å². The first-order valence-corrected chi connectivity index (χ1v) is 8.50. The highest BCUT2D eigenvalue weighted by Crippen LogP contribution is 2.25. The van der Waals surface area contributed by atoms with Gasteiger partial charge >= 0.3 is 5.63 Å². The van der Waals surface area contributed by atoms with Gasteiger partial charge in [-0.25, -0.2) is 9.78 Å². The van der Waals surface area contributed by atoms with Crippen LogP contribution >= 0.6 is 0 Å². The minimum Gasteiger partial charge on any atom is -0.403 e. The fourth-order valence-corrected chi connectivity index (χ4v) is 2.86. The normalized spacial score (nSPS) is 10.5. The predicted octanol–water partition coefficient (Wildman–Crippen LogP) is 4.60. The molecule has 0 saturated heterocycles. The highest BCUT2D eigenvalue weighted by atomic mass is 16.4. The van der Waals surface area contributed by atoms with Crippen LogP contribution in [-0.2, 0) is 0 Å². The molecule has 0 fully saturated rings. The summed E-state index contributed by atoms with van der Waals surface area (Å²) in [4.78, 5) is 30.3. The Kier molecular flexibility index (Phi) is 4.45. The Balaban J connectivity index is 1.96. The van der Waals surface area contributed by atoms with E-state index < -0.39 is 11.4 Å². The molecule has 1 heterocycles. The van der Waals surface area contributed by atoms with Crippen LogP contribution < -0.4 is 5.63 Å². The summed E-state index contributed by atoms with van der Waals surface area (Å²) in [5.74, 6) is -0.223. The highest BCUT2D eigenvalue weighted by Gasteiger charge is 2.23. The summed E-state index contributed by atoms with van der Waals surface area (Å²) in [7, 11) is 0. The number of rotatable bonds is 4. The molecule has 3 aromatic carbocycles. The van der Waals surface area contributed by atoms with Crippen molar-refractivity contribution in [1.29, 1.82) is 0 Å². The number of hydrogen-bond acceptors (Lipinski definition) is 4. The Morgan fingerprint density at radius 3 is 1.81 bits per heavy atom. The lowest BCUT2D eigenvalue weighted by Gasteiger charge is -2.09. The van der Waals surface area contributed by atoms with Gasteiger partial charge in [-0.3, -0.25) is 4.79 Å². The van der Waals surface area contributed by atoms with Crippen molar-refractivity contribution in [1.82, 2.24) is 4.98 Å². The van der Waals surface area contributed by atoms with Gasteiger partial charge in [0.1, 0.15) is 5.56 Å². The Morgan fingerprint density at radius 1 is 0.704 bits per heavy atom. The first kappa shape index (κ1) is 16.7. The van der Waals surface area contributed by atoms with Crippen LogP contribution in [-0.4, -0.2) is 10.8 Å². The van der Waals surface area contributed by atoms with Crippen LogP contribution in [0.5, 0.6) is 0 Å². The highest BCUT2D eigenvalue weighted by molar-refractivity contribution is 6.12. The summed E-state index contributed by atoms with van der Waals surface area (Å²) in [6.45, 7) is 0. The first-order chi connectivity index (χ1) is 13.2. The topological polar surface area (TPSA) is 60.2 Å². The number of carbonyl (C=O) groups is 1. The average Bonchev–Trinajstić information content (AvgIpc) is 2.74. The quantitative estimate of drug-likeness (QED) is 0.503. The number of aromatic nitrogens is 1. The molecule has 0 spiro atoms. The van der Waals surface area contributed by atoms with Crippen molar-refractivity contribution in [3.05, 3.63) is 113 Å². The number of nitrogens with zero attached hydrogens (tertiary/aromatic N) is 1. The van der Waals surface area contributed by atoms with Gasteiger partial charge in [-0.1, -0.05) is 78.9 Å². The zero-order chi connectivity index (χ0) is 18.6. The molecule has 0 N–H and O–H groups in total. The van der Waals surface area contributed by atoms with Crippen molar-refractivity contribution < 1.29 is 9.21 Å². The molecule has 0 aliphatic heterocycles. The van der Waals surface area contributed by atoms with Crippen molar-refractivity contribution in [3.8, 4) is 22.7 Å².